The minimum absolute atomic E-state index is 0.148. The molecular weight excluding hydrogens is 370 g/mol. The van der Waals surface area contributed by atoms with Gasteiger partial charge in [-0.2, -0.15) is 0 Å². The number of nitrogens with zero attached hydrogens (tertiary/aromatic N) is 2. The third-order valence-corrected chi connectivity index (χ3v) is 4.54. The molecule has 2 heterocycles. The molecule has 27 heavy (non-hydrogen) atoms. The number of anilines is 1. The molecule has 9 heteroatoms. The van der Waals surface area contributed by atoms with Gasteiger partial charge >= 0.3 is 0 Å². The molecule has 0 saturated heterocycles. The van der Waals surface area contributed by atoms with Crippen molar-refractivity contribution in [1.82, 2.24) is 10.2 Å². The summed E-state index contributed by atoms with van der Waals surface area (Å²) in [6, 6.07) is 12.5. The van der Waals surface area contributed by atoms with Gasteiger partial charge in [-0.1, -0.05) is 11.8 Å². The monoisotopic (exact) mass is 385 g/mol. The summed E-state index contributed by atoms with van der Waals surface area (Å²) in [4.78, 5) is 12.1. The van der Waals surface area contributed by atoms with Gasteiger partial charge in [-0.25, -0.2) is 0 Å². The molecule has 3 aromatic rings. The summed E-state index contributed by atoms with van der Waals surface area (Å²) >= 11 is 1.16. The molecule has 0 atom stereocenters. The van der Waals surface area contributed by atoms with E-state index < -0.39 is 0 Å². The highest BCUT2D eigenvalue weighted by atomic mass is 32.2. The van der Waals surface area contributed by atoms with E-state index in [0.717, 1.165) is 23.1 Å². The van der Waals surface area contributed by atoms with E-state index in [0.29, 0.717) is 28.3 Å². The fraction of sp³-hybridized carbons (Fsp3) is 0.167. The van der Waals surface area contributed by atoms with Crippen LogP contribution in [0.25, 0.3) is 11.5 Å². The molecule has 0 radical (unpaired) electrons. The second kappa shape index (κ2) is 7.58. The maximum atomic E-state index is 12.1. The molecular formula is C18H15N3O5S. The Labute approximate surface area is 158 Å². The van der Waals surface area contributed by atoms with Crippen molar-refractivity contribution < 1.29 is 23.4 Å². The second-order valence-corrected chi connectivity index (χ2v) is 6.43. The molecule has 1 aliphatic heterocycles. The van der Waals surface area contributed by atoms with Crippen LogP contribution in [0.1, 0.15) is 0 Å². The van der Waals surface area contributed by atoms with Crippen molar-refractivity contribution >= 4 is 23.4 Å². The number of ether oxygens (including phenoxy) is 3. The number of nitrogens with one attached hydrogen (secondary N) is 1. The highest BCUT2D eigenvalue weighted by Crippen LogP contribution is 2.36. The van der Waals surface area contributed by atoms with Crippen molar-refractivity contribution in [2.75, 3.05) is 25.0 Å². The van der Waals surface area contributed by atoms with E-state index in [4.69, 9.17) is 18.6 Å². The lowest BCUT2D eigenvalue weighted by Gasteiger charge is -2.05. The van der Waals surface area contributed by atoms with Crippen LogP contribution in [0.2, 0.25) is 0 Å². The summed E-state index contributed by atoms with van der Waals surface area (Å²) in [6.07, 6.45) is 0. The first kappa shape index (κ1) is 17.2. The van der Waals surface area contributed by atoms with E-state index in [2.05, 4.69) is 15.5 Å². The molecule has 0 unspecified atom stereocenters. The molecule has 4 rings (SSSR count). The van der Waals surface area contributed by atoms with Gasteiger partial charge in [0, 0.05) is 11.3 Å². The van der Waals surface area contributed by atoms with Gasteiger partial charge in [0.15, 0.2) is 11.5 Å². The van der Waals surface area contributed by atoms with E-state index in [1.807, 2.05) is 6.07 Å². The normalized spacial score (nSPS) is 12.0. The summed E-state index contributed by atoms with van der Waals surface area (Å²) in [6.45, 7) is 0.201. The van der Waals surface area contributed by atoms with Crippen LogP contribution < -0.4 is 19.5 Å². The number of hydrogen-bond acceptors (Lipinski definition) is 8. The molecule has 1 amide bonds. The second-order valence-electron chi connectivity index (χ2n) is 5.51. The third-order valence-electron chi connectivity index (χ3n) is 3.73. The van der Waals surface area contributed by atoms with E-state index in [9.17, 15) is 4.79 Å². The van der Waals surface area contributed by atoms with E-state index in [1.165, 1.54) is 0 Å². The molecule has 2 aromatic carbocycles. The molecule has 1 aliphatic rings. The predicted molar refractivity (Wildman–Crippen MR) is 98.2 cm³/mol. The lowest BCUT2D eigenvalue weighted by molar-refractivity contribution is -0.113. The van der Waals surface area contributed by atoms with Crippen LogP contribution in [-0.4, -0.2) is 35.8 Å². The van der Waals surface area contributed by atoms with E-state index in [-0.39, 0.29) is 18.5 Å². The number of thioether (sulfide) groups is 1. The number of hydrogen-bond donors (Lipinski definition) is 1. The van der Waals surface area contributed by atoms with Crippen LogP contribution in [0.4, 0.5) is 5.69 Å². The topological polar surface area (TPSA) is 95.7 Å². The molecule has 0 aliphatic carbocycles. The van der Waals surface area contributed by atoms with Crippen LogP contribution in [0.15, 0.2) is 52.1 Å². The molecule has 8 nitrogen and oxygen atoms in total. The number of carbonyl (C=O) groups is 1. The lowest BCUT2D eigenvalue weighted by atomic mass is 10.2. The van der Waals surface area contributed by atoms with Crippen molar-refractivity contribution in [2.24, 2.45) is 0 Å². The van der Waals surface area contributed by atoms with Crippen molar-refractivity contribution in [3.8, 4) is 28.7 Å². The Balaban J connectivity index is 1.34. The van der Waals surface area contributed by atoms with Crippen molar-refractivity contribution in [3.05, 3.63) is 42.5 Å². The standard InChI is InChI=1S/C18H15N3O5S/c1-23-13-5-3-12(4-6-13)19-16(22)9-27-18-21-20-17(26-18)11-2-7-14-15(8-11)25-10-24-14/h2-8H,9-10H2,1H3,(H,19,22). The Morgan fingerprint density at radius 3 is 2.78 bits per heavy atom. The van der Waals surface area contributed by atoms with Crippen molar-refractivity contribution in [1.29, 1.82) is 0 Å². The average Bonchev–Trinajstić information content (AvgIpc) is 3.35. The number of amides is 1. The highest BCUT2D eigenvalue weighted by molar-refractivity contribution is 7.99. The predicted octanol–water partition coefficient (Wildman–Crippen LogP) is 3.20. The Bertz CT molecular complexity index is 958. The molecule has 0 spiro atoms. The van der Waals surface area contributed by atoms with Crippen LogP contribution in [0.3, 0.4) is 0 Å². The first-order valence-corrected chi connectivity index (χ1v) is 9.00. The molecule has 0 fully saturated rings. The maximum absolute atomic E-state index is 12.1. The number of fused-ring (bicyclic) bond motifs is 1. The van der Waals surface area contributed by atoms with Crippen LogP contribution >= 0.6 is 11.8 Å². The lowest BCUT2D eigenvalue weighted by Crippen LogP contribution is -2.13. The van der Waals surface area contributed by atoms with Gasteiger partial charge in [-0.3, -0.25) is 4.79 Å². The van der Waals surface area contributed by atoms with Gasteiger partial charge in [0.1, 0.15) is 5.75 Å². The molecule has 138 valence electrons. The van der Waals surface area contributed by atoms with E-state index >= 15 is 0 Å². The number of aromatic nitrogens is 2. The Morgan fingerprint density at radius 2 is 1.96 bits per heavy atom. The van der Waals surface area contributed by atoms with Crippen LogP contribution in [0, 0.1) is 0 Å². The van der Waals surface area contributed by atoms with Crippen LogP contribution in [0.5, 0.6) is 17.2 Å². The Kier molecular flexibility index (Phi) is 4.84. The van der Waals surface area contributed by atoms with E-state index in [1.54, 1.807) is 43.5 Å². The van der Waals surface area contributed by atoms with Gasteiger partial charge in [0.05, 0.1) is 12.9 Å². The zero-order valence-electron chi connectivity index (χ0n) is 14.3. The maximum Gasteiger partial charge on any atom is 0.277 e. The number of methoxy groups -OCH3 is 1. The summed E-state index contributed by atoms with van der Waals surface area (Å²) < 4.78 is 21.3. The molecule has 1 aromatic heterocycles. The Morgan fingerprint density at radius 1 is 1.15 bits per heavy atom. The number of rotatable bonds is 6. The average molecular weight is 385 g/mol. The minimum atomic E-state index is -0.173. The summed E-state index contributed by atoms with van der Waals surface area (Å²) in [5, 5.41) is 11.1. The zero-order valence-corrected chi connectivity index (χ0v) is 15.1. The van der Waals surface area contributed by atoms with Crippen molar-refractivity contribution in [3.63, 3.8) is 0 Å². The minimum Gasteiger partial charge on any atom is -0.497 e. The first-order chi connectivity index (χ1) is 13.2. The SMILES string of the molecule is COc1ccc(NC(=O)CSc2nnc(-c3ccc4c(c3)OCO4)o2)cc1. The highest BCUT2D eigenvalue weighted by Gasteiger charge is 2.17. The first-order valence-electron chi connectivity index (χ1n) is 8.01. The smallest absolute Gasteiger partial charge is 0.277 e. The largest absolute Gasteiger partial charge is 0.497 e. The Hall–Kier alpha value is -3.20. The van der Waals surface area contributed by atoms with Gasteiger partial charge in [-0.05, 0) is 42.5 Å². The fourth-order valence-electron chi connectivity index (χ4n) is 2.41. The zero-order chi connectivity index (χ0) is 18.6. The van der Waals surface area contributed by atoms with Gasteiger partial charge in [0.25, 0.3) is 5.22 Å². The number of carbonyl (C=O) groups excluding carboxylic acids is 1. The fourth-order valence-corrected chi connectivity index (χ4v) is 2.98. The van der Waals surface area contributed by atoms with Gasteiger partial charge < -0.3 is 23.9 Å². The van der Waals surface area contributed by atoms with Gasteiger partial charge in [0.2, 0.25) is 18.6 Å². The summed E-state index contributed by atoms with van der Waals surface area (Å²) in [5.41, 5.74) is 1.41. The quantitative estimate of drug-likeness (QED) is 0.646. The molecule has 0 saturated carbocycles. The van der Waals surface area contributed by atoms with Gasteiger partial charge in [-0.15, -0.1) is 10.2 Å². The molecule has 1 N–H and O–H groups in total. The summed E-state index contributed by atoms with van der Waals surface area (Å²) in [7, 11) is 1.59. The van der Waals surface area contributed by atoms with Crippen molar-refractivity contribution in [2.45, 2.75) is 5.22 Å². The third kappa shape index (κ3) is 3.98. The summed E-state index contributed by atoms with van der Waals surface area (Å²) in [5.74, 6) is 2.37. The van der Waals surface area contributed by atoms with Crippen LogP contribution in [-0.2, 0) is 4.79 Å². The molecule has 0 bridgehead atoms. The number of benzene rings is 2.